The first-order chi connectivity index (χ1) is 9.98. The molecule has 0 aromatic heterocycles. The number of hydrogen-bond donors (Lipinski definition) is 2. The number of hydrogen-bond acceptors (Lipinski definition) is 3. The van der Waals surface area contributed by atoms with Gasteiger partial charge in [0.15, 0.2) is 0 Å². The van der Waals surface area contributed by atoms with Gasteiger partial charge in [0.25, 0.3) is 0 Å². The van der Waals surface area contributed by atoms with Crippen molar-refractivity contribution in [2.24, 2.45) is 0 Å². The molecule has 1 aromatic rings. The van der Waals surface area contributed by atoms with Crippen LogP contribution < -0.4 is 10.2 Å². The van der Waals surface area contributed by atoms with E-state index >= 15 is 0 Å². The van der Waals surface area contributed by atoms with Gasteiger partial charge < -0.3 is 10.4 Å². The van der Waals surface area contributed by atoms with Gasteiger partial charge in [-0.15, -0.1) is 0 Å². The first-order valence-corrected chi connectivity index (χ1v) is 7.40. The Morgan fingerprint density at radius 3 is 2.52 bits per heavy atom. The fourth-order valence-corrected chi connectivity index (χ4v) is 2.86. The van der Waals surface area contributed by atoms with Crippen LogP contribution in [0.2, 0.25) is 5.02 Å². The van der Waals surface area contributed by atoms with Gasteiger partial charge >= 0.3 is 5.97 Å². The molecule has 1 amide bonds. The van der Waals surface area contributed by atoms with Crippen molar-refractivity contribution < 1.29 is 14.7 Å². The molecule has 2 rings (SSSR count). The number of carbonyl (C=O) groups is 2. The van der Waals surface area contributed by atoms with E-state index in [2.05, 4.69) is 5.32 Å². The highest BCUT2D eigenvalue weighted by molar-refractivity contribution is 6.30. The van der Waals surface area contributed by atoms with Crippen molar-refractivity contribution in [2.45, 2.75) is 31.7 Å². The molecule has 6 heteroatoms. The third-order valence-corrected chi connectivity index (χ3v) is 4.19. The molecule has 21 heavy (non-hydrogen) atoms. The lowest BCUT2D eigenvalue weighted by Crippen LogP contribution is -2.55. The van der Waals surface area contributed by atoms with Gasteiger partial charge in [0.1, 0.15) is 6.54 Å². The number of anilines is 1. The molecule has 1 saturated heterocycles. The van der Waals surface area contributed by atoms with Crippen LogP contribution in [-0.4, -0.2) is 35.6 Å². The van der Waals surface area contributed by atoms with Crippen LogP contribution in [0.25, 0.3) is 0 Å². The Morgan fingerprint density at radius 2 is 2.05 bits per heavy atom. The molecule has 2 N–H and O–H groups in total. The van der Waals surface area contributed by atoms with Crippen LogP contribution in [0.3, 0.4) is 0 Å². The third kappa shape index (κ3) is 3.36. The third-order valence-electron chi connectivity index (χ3n) is 3.93. The molecule has 1 aromatic carbocycles. The van der Waals surface area contributed by atoms with E-state index in [0.29, 0.717) is 17.1 Å². The molecule has 1 aliphatic heterocycles. The molecule has 0 spiro atoms. The van der Waals surface area contributed by atoms with Crippen molar-refractivity contribution in [1.82, 2.24) is 5.32 Å². The maximum absolute atomic E-state index is 12.9. The number of amides is 1. The molecule has 1 heterocycles. The molecular formula is C15H19ClN2O3. The highest BCUT2D eigenvalue weighted by Gasteiger charge is 2.42. The van der Waals surface area contributed by atoms with E-state index in [-0.39, 0.29) is 12.5 Å². The molecule has 114 valence electrons. The number of carboxylic acid groups (broad SMARTS) is 1. The number of carbonyl (C=O) groups excluding carboxylic acids is 1. The second-order valence-corrected chi connectivity index (χ2v) is 5.66. The van der Waals surface area contributed by atoms with Crippen molar-refractivity contribution in [3.63, 3.8) is 0 Å². The Balaban J connectivity index is 2.33. The van der Waals surface area contributed by atoms with Crippen LogP contribution in [0.5, 0.6) is 0 Å². The highest BCUT2D eigenvalue weighted by atomic mass is 35.5. The second kappa shape index (κ2) is 6.45. The van der Waals surface area contributed by atoms with E-state index in [9.17, 15) is 9.59 Å². The van der Waals surface area contributed by atoms with E-state index in [1.807, 2.05) is 6.92 Å². The van der Waals surface area contributed by atoms with Crippen molar-refractivity contribution >= 4 is 29.2 Å². The summed E-state index contributed by atoms with van der Waals surface area (Å²) in [7, 11) is 0. The summed E-state index contributed by atoms with van der Waals surface area (Å²) < 4.78 is 0. The number of benzene rings is 1. The molecule has 0 bridgehead atoms. The Bertz CT molecular complexity index is 524. The van der Waals surface area contributed by atoms with Crippen molar-refractivity contribution in [1.29, 1.82) is 0 Å². The minimum absolute atomic E-state index is 0.188. The van der Waals surface area contributed by atoms with E-state index in [4.69, 9.17) is 16.7 Å². The zero-order valence-electron chi connectivity index (χ0n) is 11.9. The van der Waals surface area contributed by atoms with E-state index < -0.39 is 11.5 Å². The Hall–Kier alpha value is -1.59. The average molecular weight is 311 g/mol. The Kier molecular flexibility index (Phi) is 4.85. The van der Waals surface area contributed by atoms with E-state index in [1.165, 1.54) is 4.90 Å². The molecule has 1 unspecified atom stereocenters. The summed E-state index contributed by atoms with van der Waals surface area (Å²) in [5.74, 6) is -1.23. The molecule has 5 nitrogen and oxygen atoms in total. The zero-order valence-corrected chi connectivity index (χ0v) is 12.7. The maximum Gasteiger partial charge on any atom is 0.323 e. The van der Waals surface area contributed by atoms with Crippen LogP contribution in [-0.2, 0) is 9.59 Å². The summed E-state index contributed by atoms with van der Waals surface area (Å²) in [6.45, 7) is 2.36. The van der Waals surface area contributed by atoms with Crippen LogP contribution >= 0.6 is 11.6 Å². The lowest BCUT2D eigenvalue weighted by Gasteiger charge is -2.33. The second-order valence-electron chi connectivity index (χ2n) is 5.23. The van der Waals surface area contributed by atoms with Crippen molar-refractivity contribution in [2.75, 3.05) is 18.0 Å². The van der Waals surface area contributed by atoms with Crippen LogP contribution in [0.4, 0.5) is 5.69 Å². The first kappa shape index (κ1) is 15.8. The Morgan fingerprint density at radius 1 is 1.38 bits per heavy atom. The molecule has 1 fully saturated rings. The quantitative estimate of drug-likeness (QED) is 0.875. The van der Waals surface area contributed by atoms with E-state index in [1.54, 1.807) is 24.3 Å². The van der Waals surface area contributed by atoms with Gasteiger partial charge in [-0.1, -0.05) is 18.5 Å². The summed E-state index contributed by atoms with van der Waals surface area (Å²) >= 11 is 5.85. The molecular weight excluding hydrogens is 292 g/mol. The van der Waals surface area contributed by atoms with Gasteiger partial charge in [0.05, 0.1) is 5.54 Å². The molecule has 1 aliphatic rings. The number of rotatable bonds is 5. The van der Waals surface area contributed by atoms with Gasteiger partial charge in [-0.3, -0.25) is 14.5 Å². The van der Waals surface area contributed by atoms with Crippen molar-refractivity contribution in [3.8, 4) is 0 Å². The number of aliphatic carboxylic acids is 1. The van der Waals surface area contributed by atoms with Crippen LogP contribution in [0.1, 0.15) is 26.2 Å². The standard InChI is InChI=1S/C15H19ClN2O3/c1-2-15(8-3-9-17-15)14(21)18(10-13(19)20)12-6-4-11(16)5-7-12/h4-7,17H,2-3,8-10H2,1H3,(H,19,20). The number of halogens is 1. The fourth-order valence-electron chi connectivity index (χ4n) is 2.74. The predicted molar refractivity (Wildman–Crippen MR) is 81.7 cm³/mol. The summed E-state index contributed by atoms with van der Waals surface area (Å²) in [5, 5.41) is 12.9. The SMILES string of the molecule is CCC1(C(=O)N(CC(=O)O)c2ccc(Cl)cc2)CCCN1. The largest absolute Gasteiger partial charge is 0.480 e. The Labute approximate surface area is 128 Å². The van der Waals surface area contributed by atoms with Gasteiger partial charge in [-0.2, -0.15) is 0 Å². The molecule has 0 radical (unpaired) electrons. The molecule has 0 saturated carbocycles. The lowest BCUT2D eigenvalue weighted by molar-refractivity contribution is -0.137. The zero-order chi connectivity index (χ0) is 15.5. The highest BCUT2D eigenvalue weighted by Crippen LogP contribution is 2.28. The van der Waals surface area contributed by atoms with Gasteiger partial charge in [-0.25, -0.2) is 0 Å². The summed E-state index contributed by atoms with van der Waals surface area (Å²) in [6.07, 6.45) is 2.28. The maximum atomic E-state index is 12.9. The topological polar surface area (TPSA) is 69.6 Å². The minimum atomic E-state index is -1.04. The summed E-state index contributed by atoms with van der Waals surface area (Å²) in [5.41, 5.74) is -0.108. The molecule has 1 atom stereocenters. The van der Waals surface area contributed by atoms with Crippen LogP contribution in [0.15, 0.2) is 24.3 Å². The fraction of sp³-hybridized carbons (Fsp3) is 0.467. The minimum Gasteiger partial charge on any atom is -0.480 e. The average Bonchev–Trinajstić information content (AvgIpc) is 2.95. The first-order valence-electron chi connectivity index (χ1n) is 7.03. The number of carboxylic acids is 1. The number of nitrogens with one attached hydrogen (secondary N) is 1. The summed E-state index contributed by atoms with van der Waals surface area (Å²) in [6, 6.07) is 6.64. The van der Waals surface area contributed by atoms with E-state index in [0.717, 1.165) is 19.4 Å². The summed E-state index contributed by atoms with van der Waals surface area (Å²) in [4.78, 5) is 25.3. The number of nitrogens with zero attached hydrogens (tertiary/aromatic N) is 1. The normalized spacial score (nSPS) is 21.2. The van der Waals surface area contributed by atoms with Crippen LogP contribution in [0, 0.1) is 0 Å². The van der Waals surface area contributed by atoms with Crippen molar-refractivity contribution in [3.05, 3.63) is 29.3 Å². The van der Waals surface area contributed by atoms with Gasteiger partial charge in [-0.05, 0) is 50.1 Å². The lowest BCUT2D eigenvalue weighted by atomic mass is 9.92. The monoisotopic (exact) mass is 310 g/mol. The molecule has 0 aliphatic carbocycles. The van der Waals surface area contributed by atoms with Gasteiger partial charge in [0, 0.05) is 10.7 Å². The van der Waals surface area contributed by atoms with Gasteiger partial charge in [0.2, 0.25) is 5.91 Å². The smallest absolute Gasteiger partial charge is 0.323 e. The predicted octanol–water partition coefficient (Wildman–Crippen LogP) is 2.29.